The second-order valence-corrected chi connectivity index (χ2v) is 6.32. The zero-order valence-electron chi connectivity index (χ0n) is 11.4. The van der Waals surface area contributed by atoms with E-state index >= 15 is 0 Å². The van der Waals surface area contributed by atoms with Crippen LogP contribution in [0, 0.1) is 5.92 Å². The van der Waals surface area contributed by atoms with Crippen molar-refractivity contribution in [1.29, 1.82) is 0 Å². The van der Waals surface area contributed by atoms with Gasteiger partial charge in [-0.2, -0.15) is 0 Å². The zero-order valence-corrected chi connectivity index (χ0v) is 12.3. The van der Waals surface area contributed by atoms with Gasteiger partial charge < -0.3 is 9.05 Å². The first kappa shape index (κ1) is 16.8. The molecule has 0 aromatic rings. The summed E-state index contributed by atoms with van der Waals surface area (Å²) in [6, 6.07) is 0. The Morgan fingerprint density at radius 1 is 1.06 bits per heavy atom. The van der Waals surface area contributed by atoms with E-state index in [1.165, 1.54) is 0 Å². The van der Waals surface area contributed by atoms with Gasteiger partial charge in [0.05, 0.1) is 13.2 Å². The first-order chi connectivity index (χ1) is 7.98. The summed E-state index contributed by atoms with van der Waals surface area (Å²) in [5.41, 5.74) is -0.412. The molecule has 0 saturated carbocycles. The van der Waals surface area contributed by atoms with Gasteiger partial charge in [0, 0.05) is 5.92 Å². The topological polar surface area (TPSA) is 52.6 Å². The van der Waals surface area contributed by atoms with Crippen molar-refractivity contribution in [3.8, 4) is 0 Å². The molecule has 0 amide bonds. The van der Waals surface area contributed by atoms with Crippen molar-refractivity contribution < 1.29 is 18.4 Å². The summed E-state index contributed by atoms with van der Waals surface area (Å²) < 4.78 is 22.8. The SMILES string of the molecule is CCCCOP(=O)(OCCCC)C(=O)C(C)C. The van der Waals surface area contributed by atoms with E-state index in [4.69, 9.17) is 9.05 Å². The molecule has 0 bridgehead atoms. The molecule has 0 radical (unpaired) electrons. The third-order valence-electron chi connectivity index (χ3n) is 2.28. The molecule has 0 saturated heterocycles. The maximum absolute atomic E-state index is 12.3. The molecule has 4 nitrogen and oxygen atoms in total. The standard InChI is InChI=1S/C12H25O4P/c1-5-7-9-15-17(14,12(13)11(3)4)16-10-8-6-2/h11H,5-10H2,1-4H3. The summed E-state index contributed by atoms with van der Waals surface area (Å²) in [4.78, 5) is 11.8. The summed E-state index contributed by atoms with van der Waals surface area (Å²) in [6.07, 6.45) is 3.44. The maximum atomic E-state index is 12.3. The molecule has 0 aromatic carbocycles. The van der Waals surface area contributed by atoms with Crippen molar-refractivity contribution in [3.63, 3.8) is 0 Å². The van der Waals surface area contributed by atoms with Crippen LogP contribution in [0.25, 0.3) is 0 Å². The van der Waals surface area contributed by atoms with Gasteiger partial charge in [0.15, 0.2) is 0 Å². The lowest BCUT2D eigenvalue weighted by atomic mass is 10.3. The highest BCUT2D eigenvalue weighted by Crippen LogP contribution is 2.51. The van der Waals surface area contributed by atoms with E-state index < -0.39 is 13.1 Å². The minimum Gasteiger partial charge on any atom is -0.303 e. The van der Waals surface area contributed by atoms with E-state index in [1.54, 1.807) is 13.8 Å². The van der Waals surface area contributed by atoms with E-state index in [9.17, 15) is 9.36 Å². The van der Waals surface area contributed by atoms with Gasteiger partial charge >= 0.3 is 7.60 Å². The van der Waals surface area contributed by atoms with Crippen LogP contribution < -0.4 is 0 Å². The quantitative estimate of drug-likeness (QED) is 0.442. The summed E-state index contributed by atoms with van der Waals surface area (Å²) >= 11 is 0. The molecule has 102 valence electrons. The fraction of sp³-hybridized carbons (Fsp3) is 0.917. The van der Waals surface area contributed by atoms with Gasteiger partial charge in [0.1, 0.15) is 0 Å². The van der Waals surface area contributed by atoms with Crippen molar-refractivity contribution in [2.45, 2.75) is 53.4 Å². The van der Waals surface area contributed by atoms with Gasteiger partial charge in [0.2, 0.25) is 5.52 Å². The van der Waals surface area contributed by atoms with Gasteiger partial charge in [0.25, 0.3) is 0 Å². The van der Waals surface area contributed by atoms with Gasteiger partial charge in [-0.25, -0.2) is 0 Å². The summed E-state index contributed by atoms with van der Waals surface area (Å²) in [6.45, 7) is 8.08. The van der Waals surface area contributed by atoms with E-state index in [2.05, 4.69) is 0 Å². The number of carbonyl (C=O) groups is 1. The molecule has 0 fully saturated rings. The van der Waals surface area contributed by atoms with Crippen LogP contribution >= 0.6 is 7.60 Å². The van der Waals surface area contributed by atoms with Crippen molar-refractivity contribution in [3.05, 3.63) is 0 Å². The average molecular weight is 264 g/mol. The van der Waals surface area contributed by atoms with Crippen LogP contribution in [0.3, 0.4) is 0 Å². The second-order valence-electron chi connectivity index (χ2n) is 4.36. The lowest BCUT2D eigenvalue weighted by Gasteiger charge is -2.18. The van der Waals surface area contributed by atoms with Crippen molar-refractivity contribution in [2.24, 2.45) is 5.92 Å². The molecule has 17 heavy (non-hydrogen) atoms. The van der Waals surface area contributed by atoms with Crippen LogP contribution in [0.5, 0.6) is 0 Å². The number of hydrogen-bond acceptors (Lipinski definition) is 4. The molecule has 0 aliphatic heterocycles. The Hall–Kier alpha value is -0.180. The van der Waals surface area contributed by atoms with Gasteiger partial charge in [-0.1, -0.05) is 40.5 Å². The first-order valence-corrected chi connectivity index (χ1v) is 7.95. The molecular weight excluding hydrogens is 239 g/mol. The van der Waals surface area contributed by atoms with Crippen molar-refractivity contribution in [2.75, 3.05) is 13.2 Å². The minimum absolute atomic E-state index is 0.318. The van der Waals surface area contributed by atoms with Crippen LogP contribution in [-0.2, 0) is 18.4 Å². The van der Waals surface area contributed by atoms with Crippen molar-refractivity contribution >= 4 is 13.1 Å². The normalized spacial score (nSPS) is 12.1. The third kappa shape index (κ3) is 6.35. The molecular formula is C12H25O4P. The lowest BCUT2D eigenvalue weighted by molar-refractivity contribution is -0.116. The van der Waals surface area contributed by atoms with Crippen molar-refractivity contribution in [1.82, 2.24) is 0 Å². The molecule has 0 N–H and O–H groups in total. The smallest absolute Gasteiger partial charge is 0.303 e. The highest BCUT2D eigenvalue weighted by atomic mass is 31.2. The predicted molar refractivity (Wildman–Crippen MR) is 69.2 cm³/mol. The summed E-state index contributed by atoms with van der Waals surface area (Å²) in [5, 5.41) is 0. The predicted octanol–water partition coefficient (Wildman–Crippen LogP) is 4.00. The van der Waals surface area contributed by atoms with Crippen LogP contribution in [0.2, 0.25) is 0 Å². The van der Waals surface area contributed by atoms with Gasteiger partial charge in [-0.15, -0.1) is 0 Å². The van der Waals surface area contributed by atoms with E-state index in [0.29, 0.717) is 13.2 Å². The molecule has 0 spiro atoms. The fourth-order valence-electron chi connectivity index (χ4n) is 1.14. The Kier molecular flexibility index (Phi) is 8.75. The minimum atomic E-state index is -3.56. The summed E-state index contributed by atoms with van der Waals surface area (Å²) in [5.74, 6) is -0.330. The van der Waals surface area contributed by atoms with Crippen LogP contribution in [0.4, 0.5) is 0 Å². The molecule has 0 aliphatic carbocycles. The highest BCUT2D eigenvalue weighted by Gasteiger charge is 2.36. The molecule has 0 rings (SSSR count). The Morgan fingerprint density at radius 2 is 1.47 bits per heavy atom. The van der Waals surface area contributed by atoms with E-state index in [0.717, 1.165) is 25.7 Å². The van der Waals surface area contributed by atoms with Gasteiger partial charge in [-0.3, -0.25) is 9.36 Å². The second kappa shape index (κ2) is 8.84. The Bertz CT molecular complexity index is 249. The van der Waals surface area contributed by atoms with Crippen LogP contribution in [0.15, 0.2) is 0 Å². The van der Waals surface area contributed by atoms with Crippen LogP contribution in [-0.4, -0.2) is 18.7 Å². The Morgan fingerprint density at radius 3 is 1.76 bits per heavy atom. The highest BCUT2D eigenvalue weighted by molar-refractivity contribution is 7.71. The molecule has 0 heterocycles. The molecule has 5 heteroatoms. The monoisotopic (exact) mass is 264 g/mol. The zero-order chi connectivity index (χ0) is 13.3. The number of carbonyl (C=O) groups excluding carboxylic acids is 1. The van der Waals surface area contributed by atoms with E-state index in [1.807, 2.05) is 13.8 Å². The molecule has 0 atom stereocenters. The molecule has 0 aliphatic rings. The van der Waals surface area contributed by atoms with E-state index in [-0.39, 0.29) is 5.92 Å². The van der Waals surface area contributed by atoms with Gasteiger partial charge in [-0.05, 0) is 12.8 Å². The average Bonchev–Trinajstić information content (AvgIpc) is 2.28. The Labute approximate surface area is 105 Å². The first-order valence-electron chi connectivity index (χ1n) is 6.41. The largest absolute Gasteiger partial charge is 0.396 e. The van der Waals surface area contributed by atoms with Crippen LogP contribution in [0.1, 0.15) is 53.4 Å². The lowest BCUT2D eigenvalue weighted by Crippen LogP contribution is -2.13. The summed E-state index contributed by atoms with van der Waals surface area (Å²) in [7, 11) is -3.56. The molecule has 0 aromatic heterocycles. The molecule has 0 unspecified atom stereocenters. The number of unbranched alkanes of at least 4 members (excludes halogenated alkanes) is 2. The third-order valence-corrected chi connectivity index (χ3v) is 4.38. The number of rotatable bonds is 10. The Balaban J connectivity index is 4.46. The fourth-order valence-corrected chi connectivity index (χ4v) is 2.84. The maximum Gasteiger partial charge on any atom is 0.396 e. The number of hydrogen-bond donors (Lipinski definition) is 0.